The molecule has 0 aromatic carbocycles. The van der Waals surface area contributed by atoms with Crippen molar-refractivity contribution in [3.63, 3.8) is 0 Å². The molecule has 3 saturated heterocycles. The van der Waals surface area contributed by atoms with Gasteiger partial charge in [0.15, 0.2) is 6.04 Å². The lowest BCUT2D eigenvalue weighted by Gasteiger charge is -2.27. The SMILES string of the molecule is CC(C)(C)OC(=O)[N+]12OC1OC1CCNCC12. The highest BCUT2D eigenvalue weighted by Crippen LogP contribution is 2.49. The van der Waals surface area contributed by atoms with Crippen LogP contribution in [0.4, 0.5) is 4.79 Å². The quantitative estimate of drug-likeness (QED) is 0.502. The summed E-state index contributed by atoms with van der Waals surface area (Å²) in [6.45, 7) is 7.24. The Balaban J connectivity index is 1.77. The van der Waals surface area contributed by atoms with E-state index in [0.717, 1.165) is 19.5 Å². The van der Waals surface area contributed by atoms with Crippen molar-refractivity contribution >= 4 is 6.09 Å². The molecule has 6 heteroatoms. The number of quaternary nitrogens is 1. The molecule has 0 aromatic heterocycles. The van der Waals surface area contributed by atoms with Crippen molar-refractivity contribution in [2.75, 3.05) is 13.1 Å². The van der Waals surface area contributed by atoms with Crippen LogP contribution < -0.4 is 5.32 Å². The van der Waals surface area contributed by atoms with Gasteiger partial charge < -0.3 is 10.1 Å². The third-order valence-corrected chi connectivity index (χ3v) is 3.38. The van der Waals surface area contributed by atoms with Gasteiger partial charge in [-0.15, -0.1) is 0 Å². The van der Waals surface area contributed by atoms with E-state index in [1.54, 1.807) is 0 Å². The number of fused-ring (bicyclic) bond motifs is 3. The van der Waals surface area contributed by atoms with Gasteiger partial charge in [-0.3, -0.25) is 4.74 Å². The van der Waals surface area contributed by atoms with Crippen LogP contribution in [-0.2, 0) is 14.3 Å². The lowest BCUT2D eigenvalue weighted by atomic mass is 10.0. The number of amides is 1. The Hall–Kier alpha value is -0.690. The summed E-state index contributed by atoms with van der Waals surface area (Å²) in [4.78, 5) is 17.6. The highest BCUT2D eigenvalue weighted by Gasteiger charge is 2.80. The topological polar surface area (TPSA) is 60.1 Å². The van der Waals surface area contributed by atoms with E-state index in [9.17, 15) is 4.79 Å². The molecular weight excluding hydrogens is 224 g/mol. The summed E-state index contributed by atoms with van der Waals surface area (Å²) in [6.07, 6.45) is 0.258. The van der Waals surface area contributed by atoms with Gasteiger partial charge in [-0.25, -0.2) is 0 Å². The van der Waals surface area contributed by atoms with Crippen molar-refractivity contribution in [2.45, 2.75) is 51.4 Å². The van der Waals surface area contributed by atoms with Crippen molar-refractivity contribution < 1.29 is 23.8 Å². The van der Waals surface area contributed by atoms with E-state index < -0.39 is 12.0 Å². The second-order valence-electron chi connectivity index (χ2n) is 5.84. The van der Waals surface area contributed by atoms with Crippen molar-refractivity contribution in [1.82, 2.24) is 5.32 Å². The van der Waals surface area contributed by atoms with Gasteiger partial charge in [-0.05, 0) is 38.4 Å². The number of carbonyl (C=O) groups is 1. The zero-order valence-corrected chi connectivity index (χ0v) is 10.4. The van der Waals surface area contributed by atoms with E-state index in [1.807, 2.05) is 20.8 Å². The van der Waals surface area contributed by atoms with Gasteiger partial charge in [0, 0.05) is 0 Å². The number of rotatable bonds is 0. The summed E-state index contributed by atoms with van der Waals surface area (Å²) in [7, 11) is 0. The molecule has 3 heterocycles. The van der Waals surface area contributed by atoms with Crippen molar-refractivity contribution in [3.8, 4) is 0 Å². The largest absolute Gasteiger partial charge is 0.555 e. The average molecular weight is 243 g/mol. The normalized spacial score (nSPS) is 43.8. The Bertz CT molecular complexity index is 354. The minimum absolute atomic E-state index is 0.0311. The molecule has 3 aliphatic rings. The molecule has 3 fully saturated rings. The number of carbonyl (C=O) groups excluding carboxylic acids is 1. The summed E-state index contributed by atoms with van der Waals surface area (Å²) >= 11 is 0. The van der Waals surface area contributed by atoms with Gasteiger partial charge in [-0.1, -0.05) is 4.84 Å². The van der Waals surface area contributed by atoms with Crippen LogP contribution in [0.1, 0.15) is 27.2 Å². The molecule has 0 spiro atoms. The standard InChI is InChI=1S/C11H19N2O4/c1-11(2,3)16-9(14)13-7-6-12-5-4-8(7)15-10(13)17-13/h7-8,10,12H,4-6H2,1-3H3/q+1. The van der Waals surface area contributed by atoms with Crippen LogP contribution in [0.25, 0.3) is 0 Å². The molecule has 0 aromatic rings. The first kappa shape index (κ1) is 11.4. The summed E-state index contributed by atoms with van der Waals surface area (Å²) in [5.74, 6) is 0. The summed E-state index contributed by atoms with van der Waals surface area (Å²) in [6, 6.07) is 0.0311. The fourth-order valence-corrected chi connectivity index (χ4v) is 2.58. The third kappa shape index (κ3) is 1.67. The highest BCUT2D eigenvalue weighted by molar-refractivity contribution is 5.61. The monoisotopic (exact) mass is 243 g/mol. The van der Waals surface area contributed by atoms with E-state index in [0.29, 0.717) is 0 Å². The molecule has 3 rings (SSSR count). The third-order valence-electron chi connectivity index (χ3n) is 3.38. The highest BCUT2D eigenvalue weighted by atomic mass is 17.0. The minimum atomic E-state index is -0.499. The van der Waals surface area contributed by atoms with E-state index in [2.05, 4.69) is 5.32 Å². The Morgan fingerprint density at radius 2 is 2.24 bits per heavy atom. The molecule has 0 saturated carbocycles. The molecule has 96 valence electrons. The van der Waals surface area contributed by atoms with Crippen LogP contribution >= 0.6 is 0 Å². The maximum atomic E-state index is 12.2. The number of hydrogen-bond donors (Lipinski definition) is 1. The Morgan fingerprint density at radius 3 is 2.94 bits per heavy atom. The molecule has 4 atom stereocenters. The Kier molecular flexibility index (Phi) is 2.29. The Morgan fingerprint density at radius 1 is 1.47 bits per heavy atom. The molecule has 1 N–H and O–H groups in total. The second kappa shape index (κ2) is 3.41. The molecule has 3 aliphatic heterocycles. The van der Waals surface area contributed by atoms with Crippen molar-refractivity contribution in [2.24, 2.45) is 0 Å². The summed E-state index contributed by atoms with van der Waals surface area (Å²) in [5.41, 5.74) is -0.499. The van der Waals surface area contributed by atoms with Crippen molar-refractivity contribution in [3.05, 3.63) is 0 Å². The van der Waals surface area contributed by atoms with Gasteiger partial charge in [0.05, 0.1) is 6.54 Å². The number of ether oxygens (including phenoxy) is 2. The molecule has 6 nitrogen and oxygen atoms in total. The van der Waals surface area contributed by atoms with Crippen molar-refractivity contribution in [1.29, 1.82) is 0 Å². The first-order valence-electron chi connectivity index (χ1n) is 6.10. The van der Waals surface area contributed by atoms with E-state index in [4.69, 9.17) is 14.3 Å². The predicted octanol–water partition coefficient (Wildman–Crippen LogP) is 0.728. The maximum Gasteiger partial charge on any atom is 0.555 e. The Labute approximate surface area is 100 Å². The lowest BCUT2D eigenvalue weighted by molar-refractivity contribution is -0.871. The lowest BCUT2D eigenvalue weighted by Crippen LogP contribution is -2.55. The minimum Gasteiger partial charge on any atom is -0.412 e. The molecule has 17 heavy (non-hydrogen) atoms. The van der Waals surface area contributed by atoms with Gasteiger partial charge in [0.1, 0.15) is 11.7 Å². The van der Waals surface area contributed by atoms with Crippen LogP contribution in [0.5, 0.6) is 0 Å². The number of piperidine rings is 1. The number of nitrogens with zero attached hydrogens (tertiary/aromatic N) is 1. The molecule has 4 unspecified atom stereocenters. The molecule has 0 aliphatic carbocycles. The number of hydrogen-bond acceptors (Lipinski definition) is 5. The molecular formula is C11H19N2O4+. The molecule has 0 bridgehead atoms. The summed E-state index contributed by atoms with van der Waals surface area (Å²) in [5, 5.41) is 3.27. The van der Waals surface area contributed by atoms with E-state index in [1.165, 1.54) is 0 Å². The smallest absolute Gasteiger partial charge is 0.412 e. The van der Waals surface area contributed by atoms with Gasteiger partial charge in [0.25, 0.3) is 0 Å². The van der Waals surface area contributed by atoms with Crippen LogP contribution in [0.2, 0.25) is 0 Å². The van der Waals surface area contributed by atoms with Crippen LogP contribution in [0, 0.1) is 0 Å². The molecule has 0 radical (unpaired) electrons. The van der Waals surface area contributed by atoms with Crippen LogP contribution in [-0.4, -0.2) is 48.0 Å². The average Bonchev–Trinajstić information content (AvgIpc) is 2.85. The maximum absolute atomic E-state index is 12.2. The fraction of sp³-hybridized carbons (Fsp3) is 0.909. The predicted molar refractivity (Wildman–Crippen MR) is 57.5 cm³/mol. The van der Waals surface area contributed by atoms with Gasteiger partial charge in [0.2, 0.25) is 0 Å². The van der Waals surface area contributed by atoms with E-state index >= 15 is 0 Å². The zero-order valence-electron chi connectivity index (χ0n) is 10.4. The van der Waals surface area contributed by atoms with Crippen LogP contribution in [0.3, 0.4) is 0 Å². The van der Waals surface area contributed by atoms with E-state index in [-0.39, 0.29) is 22.9 Å². The fourth-order valence-electron chi connectivity index (χ4n) is 2.58. The van der Waals surface area contributed by atoms with Gasteiger partial charge >= 0.3 is 12.5 Å². The van der Waals surface area contributed by atoms with Gasteiger partial charge in [-0.2, -0.15) is 4.79 Å². The zero-order chi connectivity index (χ0) is 12.3. The number of nitrogens with one attached hydrogen (secondary N) is 1. The first-order chi connectivity index (χ1) is 7.93. The first-order valence-corrected chi connectivity index (χ1v) is 6.10. The summed E-state index contributed by atoms with van der Waals surface area (Å²) < 4.78 is 11.0. The molecule has 1 amide bonds. The second-order valence-corrected chi connectivity index (χ2v) is 5.84. The number of hydroxylamine groups is 3. The van der Waals surface area contributed by atoms with Crippen LogP contribution in [0.15, 0.2) is 0 Å².